The summed E-state index contributed by atoms with van der Waals surface area (Å²) in [6, 6.07) is 0.737. The first-order chi connectivity index (χ1) is 8.16. The van der Waals surface area contributed by atoms with Crippen LogP contribution < -0.4 is 5.32 Å². The van der Waals surface area contributed by atoms with Crippen LogP contribution in [-0.4, -0.2) is 23.8 Å². The minimum Gasteiger partial charge on any atom is -0.393 e. The zero-order valence-corrected chi connectivity index (χ0v) is 11.5. The molecule has 0 aromatic heterocycles. The Balaban J connectivity index is 1.76. The Hall–Kier alpha value is -0.0800. The molecule has 0 spiro atoms. The second kappa shape index (κ2) is 6.19. The Morgan fingerprint density at radius 2 is 1.88 bits per heavy atom. The zero-order chi connectivity index (χ0) is 12.3. The van der Waals surface area contributed by atoms with Gasteiger partial charge in [-0.1, -0.05) is 26.7 Å². The van der Waals surface area contributed by atoms with Crippen molar-refractivity contribution in [3.8, 4) is 0 Å². The Morgan fingerprint density at radius 3 is 2.53 bits per heavy atom. The van der Waals surface area contributed by atoms with E-state index in [4.69, 9.17) is 0 Å². The maximum absolute atomic E-state index is 9.55. The van der Waals surface area contributed by atoms with E-state index in [-0.39, 0.29) is 6.10 Å². The first kappa shape index (κ1) is 13.4. The Morgan fingerprint density at radius 1 is 1.12 bits per heavy atom. The standard InChI is InChI=1S/C15H29NO/c1-11(2)14-5-3-4-6-15(14)16-10-12-7-8-13(17)9-12/h11-17H,3-10H2,1-2H3. The maximum Gasteiger partial charge on any atom is 0.0543 e. The van der Waals surface area contributed by atoms with Gasteiger partial charge in [-0.15, -0.1) is 0 Å². The van der Waals surface area contributed by atoms with Crippen LogP contribution in [0.5, 0.6) is 0 Å². The molecule has 2 nitrogen and oxygen atoms in total. The quantitative estimate of drug-likeness (QED) is 0.790. The van der Waals surface area contributed by atoms with Gasteiger partial charge in [-0.05, 0) is 56.4 Å². The largest absolute Gasteiger partial charge is 0.393 e. The third-order valence-electron chi connectivity index (χ3n) is 4.86. The molecular formula is C15H29NO. The normalized spacial score (nSPS) is 38.8. The molecule has 2 saturated carbocycles. The van der Waals surface area contributed by atoms with Gasteiger partial charge in [-0.2, -0.15) is 0 Å². The first-order valence-corrected chi connectivity index (χ1v) is 7.58. The number of aliphatic hydroxyl groups excluding tert-OH is 1. The van der Waals surface area contributed by atoms with Crippen molar-refractivity contribution < 1.29 is 5.11 Å². The summed E-state index contributed by atoms with van der Waals surface area (Å²) in [6.07, 6.45) is 8.82. The highest BCUT2D eigenvalue weighted by Crippen LogP contribution is 2.31. The lowest BCUT2D eigenvalue weighted by Gasteiger charge is -2.35. The van der Waals surface area contributed by atoms with Gasteiger partial charge >= 0.3 is 0 Å². The molecule has 0 amide bonds. The molecule has 0 heterocycles. The lowest BCUT2D eigenvalue weighted by atomic mass is 9.77. The molecule has 2 aliphatic rings. The third-order valence-corrected chi connectivity index (χ3v) is 4.86. The predicted molar refractivity (Wildman–Crippen MR) is 71.9 cm³/mol. The number of aliphatic hydroxyl groups is 1. The van der Waals surface area contributed by atoms with Crippen molar-refractivity contribution in [2.45, 2.75) is 70.9 Å². The lowest BCUT2D eigenvalue weighted by Crippen LogP contribution is -2.42. The SMILES string of the molecule is CC(C)C1CCCCC1NCC1CCC(O)C1. The molecule has 2 heteroatoms. The average Bonchev–Trinajstić information content (AvgIpc) is 2.73. The topological polar surface area (TPSA) is 32.3 Å². The van der Waals surface area contributed by atoms with E-state index in [0.717, 1.165) is 43.2 Å². The van der Waals surface area contributed by atoms with Gasteiger partial charge in [0.15, 0.2) is 0 Å². The smallest absolute Gasteiger partial charge is 0.0543 e. The van der Waals surface area contributed by atoms with E-state index < -0.39 is 0 Å². The molecule has 4 atom stereocenters. The van der Waals surface area contributed by atoms with E-state index in [9.17, 15) is 5.11 Å². The summed E-state index contributed by atoms with van der Waals surface area (Å²) >= 11 is 0. The van der Waals surface area contributed by atoms with Crippen molar-refractivity contribution in [3.05, 3.63) is 0 Å². The van der Waals surface area contributed by atoms with Crippen molar-refractivity contribution in [1.82, 2.24) is 5.32 Å². The number of hydrogen-bond acceptors (Lipinski definition) is 2. The highest BCUT2D eigenvalue weighted by atomic mass is 16.3. The summed E-state index contributed by atoms with van der Waals surface area (Å²) in [4.78, 5) is 0. The highest BCUT2D eigenvalue weighted by molar-refractivity contribution is 4.85. The van der Waals surface area contributed by atoms with Crippen molar-refractivity contribution >= 4 is 0 Å². The van der Waals surface area contributed by atoms with Gasteiger partial charge < -0.3 is 10.4 Å². The number of rotatable bonds is 4. The van der Waals surface area contributed by atoms with Gasteiger partial charge in [0, 0.05) is 6.04 Å². The zero-order valence-electron chi connectivity index (χ0n) is 11.5. The molecule has 2 N–H and O–H groups in total. The fourth-order valence-electron chi connectivity index (χ4n) is 3.76. The molecule has 0 bridgehead atoms. The molecule has 2 aliphatic carbocycles. The Bertz CT molecular complexity index is 229. The van der Waals surface area contributed by atoms with Crippen molar-refractivity contribution in [2.75, 3.05) is 6.54 Å². The number of nitrogens with one attached hydrogen (secondary N) is 1. The monoisotopic (exact) mass is 239 g/mol. The van der Waals surface area contributed by atoms with Crippen molar-refractivity contribution in [1.29, 1.82) is 0 Å². The van der Waals surface area contributed by atoms with Crippen LogP contribution in [0.1, 0.15) is 58.8 Å². The van der Waals surface area contributed by atoms with Crippen LogP contribution in [0, 0.1) is 17.8 Å². The van der Waals surface area contributed by atoms with E-state index in [2.05, 4.69) is 19.2 Å². The van der Waals surface area contributed by atoms with E-state index >= 15 is 0 Å². The van der Waals surface area contributed by atoms with Crippen LogP contribution in [-0.2, 0) is 0 Å². The molecular weight excluding hydrogens is 210 g/mol. The lowest BCUT2D eigenvalue weighted by molar-refractivity contribution is 0.172. The van der Waals surface area contributed by atoms with Gasteiger partial charge in [0.2, 0.25) is 0 Å². The minimum atomic E-state index is -0.0194. The van der Waals surface area contributed by atoms with Crippen molar-refractivity contribution in [3.63, 3.8) is 0 Å². The summed E-state index contributed by atoms with van der Waals surface area (Å²) < 4.78 is 0. The Kier molecular flexibility index (Phi) is 4.87. The molecule has 2 rings (SSSR count). The van der Waals surface area contributed by atoms with Crippen LogP contribution in [0.2, 0.25) is 0 Å². The molecule has 100 valence electrons. The number of hydrogen-bond donors (Lipinski definition) is 2. The molecule has 0 aliphatic heterocycles. The van der Waals surface area contributed by atoms with Crippen LogP contribution in [0.15, 0.2) is 0 Å². The molecule has 2 fully saturated rings. The first-order valence-electron chi connectivity index (χ1n) is 7.58. The molecule has 0 aromatic rings. The van der Waals surface area contributed by atoms with E-state index in [1.54, 1.807) is 0 Å². The fourth-order valence-corrected chi connectivity index (χ4v) is 3.76. The highest BCUT2D eigenvalue weighted by Gasteiger charge is 2.29. The van der Waals surface area contributed by atoms with E-state index in [1.807, 2.05) is 0 Å². The van der Waals surface area contributed by atoms with E-state index in [1.165, 1.54) is 32.1 Å². The second-order valence-electron chi connectivity index (χ2n) is 6.54. The molecule has 0 saturated heterocycles. The van der Waals surface area contributed by atoms with Crippen LogP contribution in [0.25, 0.3) is 0 Å². The van der Waals surface area contributed by atoms with Crippen LogP contribution in [0.3, 0.4) is 0 Å². The maximum atomic E-state index is 9.55. The summed E-state index contributed by atoms with van der Waals surface area (Å²) in [7, 11) is 0. The summed E-state index contributed by atoms with van der Waals surface area (Å²) in [5.41, 5.74) is 0. The Labute approximate surface area is 106 Å². The van der Waals surface area contributed by atoms with Gasteiger partial charge in [-0.25, -0.2) is 0 Å². The second-order valence-corrected chi connectivity index (χ2v) is 6.54. The van der Waals surface area contributed by atoms with Gasteiger partial charge in [0.05, 0.1) is 6.10 Å². The van der Waals surface area contributed by atoms with Crippen LogP contribution in [0.4, 0.5) is 0 Å². The third kappa shape index (κ3) is 3.69. The van der Waals surface area contributed by atoms with Crippen LogP contribution >= 0.6 is 0 Å². The molecule has 0 radical (unpaired) electrons. The molecule has 17 heavy (non-hydrogen) atoms. The van der Waals surface area contributed by atoms with E-state index in [0.29, 0.717) is 0 Å². The van der Waals surface area contributed by atoms with Gasteiger partial charge in [-0.3, -0.25) is 0 Å². The minimum absolute atomic E-state index is 0.0194. The summed E-state index contributed by atoms with van der Waals surface area (Å²) in [6.45, 7) is 5.86. The fraction of sp³-hybridized carbons (Fsp3) is 1.00. The average molecular weight is 239 g/mol. The van der Waals surface area contributed by atoms with Gasteiger partial charge in [0.25, 0.3) is 0 Å². The molecule has 4 unspecified atom stereocenters. The predicted octanol–water partition coefficient (Wildman–Crippen LogP) is 2.95. The van der Waals surface area contributed by atoms with Crippen molar-refractivity contribution in [2.24, 2.45) is 17.8 Å². The summed E-state index contributed by atoms with van der Waals surface area (Å²) in [5.74, 6) is 2.40. The molecule has 0 aromatic carbocycles. The summed E-state index contributed by atoms with van der Waals surface area (Å²) in [5, 5.41) is 13.4. The van der Waals surface area contributed by atoms with Gasteiger partial charge in [0.1, 0.15) is 0 Å².